The van der Waals surface area contributed by atoms with Gasteiger partial charge in [-0.3, -0.25) is 4.68 Å². The Balaban J connectivity index is 1.80. The molecule has 2 heterocycles. The first-order chi connectivity index (χ1) is 10.2. The van der Waals surface area contributed by atoms with Crippen LogP contribution >= 0.6 is 0 Å². The van der Waals surface area contributed by atoms with Crippen LogP contribution in [0.25, 0.3) is 0 Å². The zero-order valence-electron chi connectivity index (χ0n) is 13.0. The van der Waals surface area contributed by atoms with Crippen LogP contribution < -0.4 is 10.1 Å². The van der Waals surface area contributed by atoms with Crippen molar-refractivity contribution in [2.45, 2.75) is 32.7 Å². The number of ether oxygens (including phenoxy) is 1. The summed E-state index contributed by atoms with van der Waals surface area (Å²) in [7, 11) is 1.99. The lowest BCUT2D eigenvalue weighted by Crippen LogP contribution is -2.14. The van der Waals surface area contributed by atoms with Gasteiger partial charge in [-0.2, -0.15) is 5.10 Å². The summed E-state index contributed by atoms with van der Waals surface area (Å²) < 4.78 is 7.92. The lowest BCUT2D eigenvalue weighted by molar-refractivity contribution is 0.314. The highest BCUT2D eigenvalue weighted by atomic mass is 16.5. The van der Waals surface area contributed by atoms with Crippen LogP contribution in [0.5, 0.6) is 5.75 Å². The number of likely N-dealkylation sites (N-methyl/N-ethyl adjacent to an activating group) is 1. The van der Waals surface area contributed by atoms with Crippen LogP contribution in [0.1, 0.15) is 28.4 Å². The molecule has 0 radical (unpaired) electrons. The average molecular weight is 285 g/mol. The standard InChI is InChI=1S/C17H23N3O/c1-12-15(8-9-18-3)13(2)20(19-12)10-14-11-21-17-7-5-4-6-16(14)17/h4-7,14,18H,8-11H2,1-3H3. The van der Waals surface area contributed by atoms with Crippen molar-refractivity contribution in [3.8, 4) is 5.75 Å². The van der Waals surface area contributed by atoms with Crippen molar-refractivity contribution in [2.75, 3.05) is 20.2 Å². The molecule has 0 bridgehead atoms. The number of hydrogen-bond donors (Lipinski definition) is 1. The summed E-state index contributed by atoms with van der Waals surface area (Å²) in [5, 5.41) is 7.94. The van der Waals surface area contributed by atoms with Crippen molar-refractivity contribution in [1.29, 1.82) is 0 Å². The van der Waals surface area contributed by atoms with Crippen LogP contribution in [0.3, 0.4) is 0 Å². The van der Waals surface area contributed by atoms with Crippen LogP contribution in [0.2, 0.25) is 0 Å². The molecule has 2 aromatic rings. The number of aryl methyl sites for hydroxylation is 1. The fourth-order valence-electron chi connectivity index (χ4n) is 3.11. The van der Waals surface area contributed by atoms with Crippen molar-refractivity contribution in [3.05, 3.63) is 46.8 Å². The van der Waals surface area contributed by atoms with Gasteiger partial charge in [0.2, 0.25) is 0 Å². The largest absolute Gasteiger partial charge is 0.493 e. The van der Waals surface area contributed by atoms with E-state index in [1.807, 2.05) is 13.1 Å². The van der Waals surface area contributed by atoms with E-state index in [2.05, 4.69) is 42.0 Å². The monoisotopic (exact) mass is 285 g/mol. The molecule has 1 aromatic carbocycles. The van der Waals surface area contributed by atoms with Gasteiger partial charge in [0.05, 0.1) is 18.8 Å². The van der Waals surface area contributed by atoms with E-state index in [1.165, 1.54) is 16.8 Å². The Morgan fingerprint density at radius 3 is 2.95 bits per heavy atom. The highest BCUT2D eigenvalue weighted by molar-refractivity contribution is 5.39. The number of rotatable bonds is 5. The fourth-order valence-corrected chi connectivity index (χ4v) is 3.11. The molecule has 0 saturated heterocycles. The first-order valence-electron chi connectivity index (χ1n) is 7.60. The maximum absolute atomic E-state index is 5.77. The molecule has 0 amide bonds. The zero-order valence-corrected chi connectivity index (χ0v) is 13.0. The molecule has 1 atom stereocenters. The summed E-state index contributed by atoms with van der Waals surface area (Å²) in [5.74, 6) is 1.43. The van der Waals surface area contributed by atoms with E-state index < -0.39 is 0 Å². The minimum atomic E-state index is 0.399. The van der Waals surface area contributed by atoms with Crippen molar-refractivity contribution in [2.24, 2.45) is 0 Å². The fraction of sp³-hybridized carbons (Fsp3) is 0.471. The molecule has 1 aliphatic heterocycles. The van der Waals surface area contributed by atoms with Gasteiger partial charge < -0.3 is 10.1 Å². The van der Waals surface area contributed by atoms with Gasteiger partial charge in [-0.05, 0) is 45.5 Å². The van der Waals surface area contributed by atoms with Gasteiger partial charge in [0.25, 0.3) is 0 Å². The van der Waals surface area contributed by atoms with E-state index in [1.54, 1.807) is 0 Å². The van der Waals surface area contributed by atoms with Gasteiger partial charge in [0.15, 0.2) is 0 Å². The molecule has 3 rings (SSSR count). The van der Waals surface area contributed by atoms with Crippen molar-refractivity contribution < 1.29 is 4.74 Å². The summed E-state index contributed by atoms with van der Waals surface area (Å²) in [6.07, 6.45) is 1.03. The molecule has 1 unspecified atom stereocenters. The van der Waals surface area contributed by atoms with Crippen LogP contribution in [0.4, 0.5) is 0 Å². The maximum Gasteiger partial charge on any atom is 0.122 e. The van der Waals surface area contributed by atoms with Crippen LogP contribution in [0.15, 0.2) is 24.3 Å². The van der Waals surface area contributed by atoms with Gasteiger partial charge in [-0.25, -0.2) is 0 Å². The molecule has 0 saturated carbocycles. The summed E-state index contributed by atoms with van der Waals surface area (Å²) in [4.78, 5) is 0. The van der Waals surface area contributed by atoms with E-state index in [-0.39, 0.29) is 0 Å². The van der Waals surface area contributed by atoms with E-state index in [0.717, 1.165) is 37.6 Å². The topological polar surface area (TPSA) is 39.1 Å². The summed E-state index contributed by atoms with van der Waals surface area (Å²) in [6.45, 7) is 6.91. The van der Waals surface area contributed by atoms with Crippen LogP contribution in [-0.4, -0.2) is 30.0 Å². The zero-order chi connectivity index (χ0) is 14.8. The first-order valence-corrected chi connectivity index (χ1v) is 7.60. The average Bonchev–Trinajstić information content (AvgIpc) is 3.01. The highest BCUT2D eigenvalue weighted by Gasteiger charge is 2.25. The number of hydrogen-bond acceptors (Lipinski definition) is 3. The lowest BCUT2D eigenvalue weighted by atomic mass is 10.0. The quantitative estimate of drug-likeness (QED) is 0.917. The number of aromatic nitrogens is 2. The molecule has 0 fully saturated rings. The van der Waals surface area contributed by atoms with Gasteiger partial charge >= 0.3 is 0 Å². The van der Waals surface area contributed by atoms with Crippen molar-refractivity contribution in [1.82, 2.24) is 15.1 Å². The van der Waals surface area contributed by atoms with Gasteiger partial charge in [-0.1, -0.05) is 18.2 Å². The normalized spacial score (nSPS) is 16.8. The molecular formula is C17H23N3O. The third-order valence-corrected chi connectivity index (χ3v) is 4.35. The maximum atomic E-state index is 5.77. The van der Waals surface area contributed by atoms with Gasteiger partial charge in [-0.15, -0.1) is 0 Å². The molecule has 1 aromatic heterocycles. The number of para-hydroxylation sites is 1. The Kier molecular flexibility index (Phi) is 3.97. The molecule has 1 aliphatic rings. The number of nitrogens with one attached hydrogen (secondary N) is 1. The third-order valence-electron chi connectivity index (χ3n) is 4.35. The summed E-state index contributed by atoms with van der Waals surface area (Å²) in [5.41, 5.74) is 5.11. The Morgan fingerprint density at radius 1 is 1.33 bits per heavy atom. The number of nitrogens with zero attached hydrogens (tertiary/aromatic N) is 2. The molecule has 1 N–H and O–H groups in total. The first kappa shape index (κ1) is 14.1. The summed E-state index contributed by atoms with van der Waals surface area (Å²) >= 11 is 0. The number of fused-ring (bicyclic) bond motifs is 1. The Morgan fingerprint density at radius 2 is 2.14 bits per heavy atom. The van der Waals surface area contributed by atoms with Gasteiger partial charge in [0.1, 0.15) is 5.75 Å². The Hall–Kier alpha value is -1.81. The molecule has 0 spiro atoms. The predicted molar refractivity (Wildman–Crippen MR) is 84.0 cm³/mol. The second-order valence-electron chi connectivity index (χ2n) is 5.73. The van der Waals surface area contributed by atoms with Crippen molar-refractivity contribution >= 4 is 0 Å². The highest BCUT2D eigenvalue weighted by Crippen LogP contribution is 2.34. The molecule has 4 heteroatoms. The second kappa shape index (κ2) is 5.90. The summed E-state index contributed by atoms with van der Waals surface area (Å²) in [6, 6.07) is 8.33. The Labute approximate surface area is 126 Å². The minimum Gasteiger partial charge on any atom is -0.493 e. The smallest absolute Gasteiger partial charge is 0.122 e. The van der Waals surface area contributed by atoms with E-state index in [0.29, 0.717) is 5.92 Å². The van der Waals surface area contributed by atoms with Crippen molar-refractivity contribution in [3.63, 3.8) is 0 Å². The SMILES string of the molecule is CNCCc1c(C)nn(CC2COc3ccccc32)c1C. The lowest BCUT2D eigenvalue weighted by Gasteiger charge is -2.11. The Bertz CT molecular complexity index is 633. The minimum absolute atomic E-state index is 0.399. The second-order valence-corrected chi connectivity index (χ2v) is 5.73. The van der Waals surface area contributed by atoms with E-state index >= 15 is 0 Å². The molecule has 0 aliphatic carbocycles. The van der Waals surface area contributed by atoms with Gasteiger partial charge in [0, 0.05) is 17.2 Å². The predicted octanol–water partition coefficient (Wildman–Crippen LogP) is 2.44. The van der Waals surface area contributed by atoms with Crippen LogP contribution in [-0.2, 0) is 13.0 Å². The molecule has 112 valence electrons. The third kappa shape index (κ3) is 2.68. The van der Waals surface area contributed by atoms with E-state index in [4.69, 9.17) is 9.84 Å². The molecule has 21 heavy (non-hydrogen) atoms. The number of benzene rings is 1. The van der Waals surface area contributed by atoms with Crippen LogP contribution in [0, 0.1) is 13.8 Å². The molecule has 4 nitrogen and oxygen atoms in total. The molecular weight excluding hydrogens is 262 g/mol. The van der Waals surface area contributed by atoms with E-state index in [9.17, 15) is 0 Å².